The van der Waals surface area contributed by atoms with Crippen LogP contribution in [-0.4, -0.2) is 11.4 Å². The molecule has 3 aromatic carbocycles. The molecule has 0 heterocycles. The molecule has 0 saturated carbocycles. The highest BCUT2D eigenvalue weighted by molar-refractivity contribution is 8.13. The fourth-order valence-corrected chi connectivity index (χ4v) is 3.20. The molecule has 0 unspecified atom stereocenters. The van der Waals surface area contributed by atoms with Gasteiger partial charge in [0, 0.05) is 16.3 Å². The molecule has 2 N–H and O–H groups in total. The normalized spacial score (nSPS) is 11.7. The van der Waals surface area contributed by atoms with Crippen molar-refractivity contribution < 1.29 is 9.13 Å². The Hall–Kier alpha value is -2.83. The molecule has 4 nitrogen and oxygen atoms in total. The predicted octanol–water partition coefficient (Wildman–Crippen LogP) is 5.64. The van der Waals surface area contributed by atoms with Crippen LogP contribution < -0.4 is 10.5 Å². The zero-order valence-corrected chi connectivity index (χ0v) is 17.0. The van der Waals surface area contributed by atoms with Crippen LogP contribution in [-0.2, 0) is 12.4 Å². The third-order valence-corrected chi connectivity index (χ3v) is 5.11. The van der Waals surface area contributed by atoms with Crippen molar-refractivity contribution in [1.29, 1.82) is 0 Å². The number of halogens is 2. The lowest BCUT2D eigenvalue weighted by Crippen LogP contribution is -2.06. The summed E-state index contributed by atoms with van der Waals surface area (Å²) < 4.78 is 19.8. The van der Waals surface area contributed by atoms with E-state index in [2.05, 4.69) is 10.2 Å². The van der Waals surface area contributed by atoms with E-state index in [0.29, 0.717) is 21.5 Å². The van der Waals surface area contributed by atoms with Crippen molar-refractivity contribution >= 4 is 34.7 Å². The van der Waals surface area contributed by atoms with Gasteiger partial charge in [0.2, 0.25) is 0 Å². The zero-order valence-electron chi connectivity index (χ0n) is 15.5. The second-order valence-corrected chi connectivity index (χ2v) is 7.43. The monoisotopic (exact) mass is 427 g/mol. The van der Waals surface area contributed by atoms with Crippen LogP contribution in [0.1, 0.15) is 16.7 Å². The number of nitrogens with zero attached hydrogens (tertiary/aromatic N) is 2. The minimum Gasteiger partial charge on any atom is -0.486 e. The van der Waals surface area contributed by atoms with Gasteiger partial charge in [0.05, 0.1) is 6.21 Å². The summed E-state index contributed by atoms with van der Waals surface area (Å²) in [5, 5.41) is 8.77. The van der Waals surface area contributed by atoms with Gasteiger partial charge in [-0.1, -0.05) is 71.9 Å². The summed E-state index contributed by atoms with van der Waals surface area (Å²) in [7, 11) is 0. The molecule has 29 heavy (non-hydrogen) atoms. The number of hydrogen-bond donors (Lipinski definition) is 1. The summed E-state index contributed by atoms with van der Waals surface area (Å²) >= 11 is 7.46. The summed E-state index contributed by atoms with van der Waals surface area (Å²) in [6.07, 6.45) is 1.44. The number of hydrogen-bond acceptors (Lipinski definition) is 4. The first-order chi connectivity index (χ1) is 14.1. The predicted molar refractivity (Wildman–Crippen MR) is 119 cm³/mol. The Morgan fingerprint density at radius 3 is 2.59 bits per heavy atom. The number of benzene rings is 3. The summed E-state index contributed by atoms with van der Waals surface area (Å²) in [4.78, 5) is 0. The zero-order chi connectivity index (χ0) is 20.5. The molecule has 0 saturated heterocycles. The van der Waals surface area contributed by atoms with Crippen molar-refractivity contribution in [3.8, 4) is 5.75 Å². The highest BCUT2D eigenvalue weighted by atomic mass is 35.5. The largest absolute Gasteiger partial charge is 0.486 e. The molecule has 0 aliphatic heterocycles. The van der Waals surface area contributed by atoms with Gasteiger partial charge in [-0.2, -0.15) is 5.10 Å². The van der Waals surface area contributed by atoms with Gasteiger partial charge in [-0.15, -0.1) is 5.10 Å². The lowest BCUT2D eigenvalue weighted by Gasteiger charge is -2.08. The minimum atomic E-state index is -0.489. The second-order valence-electron chi connectivity index (χ2n) is 6.03. The van der Waals surface area contributed by atoms with E-state index in [-0.39, 0.29) is 12.4 Å². The molecule has 7 heteroatoms. The molecule has 148 valence electrons. The topological polar surface area (TPSA) is 60.0 Å². The van der Waals surface area contributed by atoms with Gasteiger partial charge in [0.25, 0.3) is 0 Å². The first-order valence-electron chi connectivity index (χ1n) is 8.81. The van der Waals surface area contributed by atoms with Crippen LogP contribution in [0.25, 0.3) is 0 Å². The third kappa shape index (κ3) is 6.62. The van der Waals surface area contributed by atoms with Crippen LogP contribution in [0.15, 0.2) is 83.0 Å². The fourth-order valence-electron chi connectivity index (χ4n) is 2.40. The van der Waals surface area contributed by atoms with Gasteiger partial charge in [0.1, 0.15) is 6.61 Å². The van der Waals surface area contributed by atoms with E-state index in [1.165, 1.54) is 24.0 Å². The van der Waals surface area contributed by atoms with Crippen LogP contribution in [0.3, 0.4) is 0 Å². The lowest BCUT2D eigenvalue weighted by atomic mass is 10.2. The van der Waals surface area contributed by atoms with Crippen molar-refractivity contribution in [1.82, 2.24) is 0 Å². The second kappa shape index (κ2) is 10.6. The SMILES string of the molecule is NC(=NN=Cc1ccc(OCc2ccccc2Cl)c(F)c1)SCc1ccccc1. The molecule has 0 aliphatic rings. The Bertz CT molecular complexity index is 1010. The first kappa shape index (κ1) is 20.9. The number of amidine groups is 1. The average molecular weight is 428 g/mol. The Kier molecular flexibility index (Phi) is 7.67. The van der Waals surface area contributed by atoms with Crippen molar-refractivity contribution in [2.45, 2.75) is 12.4 Å². The Morgan fingerprint density at radius 2 is 1.83 bits per heavy atom. The van der Waals surface area contributed by atoms with E-state index in [1.54, 1.807) is 18.2 Å². The van der Waals surface area contributed by atoms with Crippen molar-refractivity contribution in [2.24, 2.45) is 15.9 Å². The molecule has 0 aliphatic carbocycles. The van der Waals surface area contributed by atoms with E-state index in [9.17, 15) is 4.39 Å². The van der Waals surface area contributed by atoms with Crippen LogP contribution in [0.4, 0.5) is 4.39 Å². The van der Waals surface area contributed by atoms with E-state index in [0.717, 1.165) is 11.1 Å². The standard InChI is InChI=1S/C22H19ClFN3OS/c23-19-9-5-4-8-18(19)14-28-21-11-10-17(12-20(21)24)13-26-27-22(25)29-15-16-6-2-1-3-7-16/h1-13H,14-15H2,(H2,25,27). The molecule has 0 fully saturated rings. The third-order valence-electron chi connectivity index (χ3n) is 3.89. The van der Waals surface area contributed by atoms with Crippen molar-refractivity contribution in [3.05, 3.63) is 100 Å². The van der Waals surface area contributed by atoms with Crippen molar-refractivity contribution in [2.75, 3.05) is 0 Å². The van der Waals surface area contributed by atoms with Gasteiger partial charge in [-0.3, -0.25) is 0 Å². The summed E-state index contributed by atoms with van der Waals surface area (Å²) in [5.41, 5.74) is 8.33. The van der Waals surface area contributed by atoms with Crippen molar-refractivity contribution in [3.63, 3.8) is 0 Å². The Balaban J connectivity index is 1.54. The molecule has 0 radical (unpaired) electrons. The molecular formula is C22H19ClFN3OS. The first-order valence-corrected chi connectivity index (χ1v) is 10.2. The van der Waals surface area contributed by atoms with Gasteiger partial charge in [0.15, 0.2) is 16.7 Å². The van der Waals surface area contributed by atoms with Gasteiger partial charge in [-0.25, -0.2) is 4.39 Å². The number of ether oxygens (including phenoxy) is 1. The average Bonchev–Trinajstić information content (AvgIpc) is 2.73. The van der Waals surface area contributed by atoms with E-state index >= 15 is 0 Å². The minimum absolute atomic E-state index is 0.142. The summed E-state index contributed by atoms with van der Waals surface area (Å²) in [6.45, 7) is 0.184. The number of rotatable bonds is 7. The maximum Gasteiger partial charge on any atom is 0.180 e. The Labute approximate surface area is 178 Å². The van der Waals surface area contributed by atoms with E-state index < -0.39 is 5.82 Å². The molecule has 0 atom stereocenters. The molecule has 0 bridgehead atoms. The molecular weight excluding hydrogens is 409 g/mol. The molecule has 0 amide bonds. The fraction of sp³-hybridized carbons (Fsp3) is 0.0909. The summed E-state index contributed by atoms with van der Waals surface area (Å²) in [6, 6.07) is 21.8. The molecule has 0 spiro atoms. The number of thioether (sulfide) groups is 1. The van der Waals surface area contributed by atoms with Crippen LogP contribution in [0.2, 0.25) is 5.02 Å². The maximum atomic E-state index is 14.3. The van der Waals surface area contributed by atoms with Crippen LogP contribution >= 0.6 is 23.4 Å². The quantitative estimate of drug-likeness (QED) is 0.301. The molecule has 3 rings (SSSR count). The Morgan fingerprint density at radius 1 is 1.07 bits per heavy atom. The smallest absolute Gasteiger partial charge is 0.180 e. The van der Waals surface area contributed by atoms with Crippen LogP contribution in [0, 0.1) is 5.82 Å². The molecule has 0 aromatic heterocycles. The highest BCUT2D eigenvalue weighted by Gasteiger charge is 2.06. The van der Waals surface area contributed by atoms with E-state index in [4.69, 9.17) is 22.1 Å². The van der Waals surface area contributed by atoms with E-state index in [1.807, 2.05) is 48.5 Å². The maximum absolute atomic E-state index is 14.3. The van der Waals surface area contributed by atoms with Gasteiger partial charge < -0.3 is 10.5 Å². The van der Waals surface area contributed by atoms with Gasteiger partial charge >= 0.3 is 0 Å². The van der Waals surface area contributed by atoms with Crippen LogP contribution in [0.5, 0.6) is 5.75 Å². The van der Waals surface area contributed by atoms with Gasteiger partial charge in [-0.05, 0) is 35.4 Å². The number of nitrogens with two attached hydrogens (primary N) is 1. The lowest BCUT2D eigenvalue weighted by molar-refractivity contribution is 0.290. The summed E-state index contributed by atoms with van der Waals surface area (Å²) in [5.74, 6) is 0.359. The highest BCUT2D eigenvalue weighted by Crippen LogP contribution is 2.21. The molecule has 3 aromatic rings.